The van der Waals surface area contributed by atoms with Gasteiger partial charge >= 0.3 is 0 Å². The fourth-order valence-electron chi connectivity index (χ4n) is 2.84. The summed E-state index contributed by atoms with van der Waals surface area (Å²) in [7, 11) is 0. The molecule has 1 aliphatic rings. The Morgan fingerprint density at radius 1 is 0.889 bits per heavy atom. The molecule has 1 heterocycles. The summed E-state index contributed by atoms with van der Waals surface area (Å²) in [6, 6.07) is 24.6. The molecule has 27 heavy (non-hydrogen) atoms. The largest absolute Gasteiger partial charge is 0.282 e. The van der Waals surface area contributed by atoms with Crippen LogP contribution >= 0.6 is 27.5 Å². The summed E-state index contributed by atoms with van der Waals surface area (Å²) in [5.41, 5.74) is 2.91. The second-order valence-corrected chi connectivity index (χ2v) is 7.35. The molecule has 132 valence electrons. The molecule has 0 aromatic heterocycles. The van der Waals surface area contributed by atoms with Crippen molar-refractivity contribution in [3.05, 3.63) is 105 Å². The van der Waals surface area contributed by atoms with Gasteiger partial charge in [-0.15, -0.1) is 0 Å². The van der Waals surface area contributed by atoms with Crippen LogP contribution in [0.4, 0.5) is 5.69 Å². The van der Waals surface area contributed by atoms with E-state index in [-0.39, 0.29) is 5.91 Å². The van der Waals surface area contributed by atoms with Crippen molar-refractivity contribution in [2.24, 2.45) is 4.99 Å². The monoisotopic (exact) mass is 436 g/mol. The lowest BCUT2D eigenvalue weighted by molar-refractivity contribution is -0.113. The highest BCUT2D eigenvalue weighted by molar-refractivity contribution is 9.10. The van der Waals surface area contributed by atoms with E-state index in [4.69, 9.17) is 11.6 Å². The van der Waals surface area contributed by atoms with Gasteiger partial charge in [-0.1, -0.05) is 70.0 Å². The third-order valence-electron chi connectivity index (χ3n) is 4.15. The summed E-state index contributed by atoms with van der Waals surface area (Å²) < 4.78 is 0.985. The summed E-state index contributed by atoms with van der Waals surface area (Å²) in [4.78, 5) is 19.4. The van der Waals surface area contributed by atoms with E-state index in [9.17, 15) is 4.79 Å². The van der Waals surface area contributed by atoms with E-state index in [0.29, 0.717) is 16.6 Å². The molecule has 0 radical (unpaired) electrons. The highest BCUT2D eigenvalue weighted by Gasteiger charge is 2.32. The van der Waals surface area contributed by atoms with Crippen LogP contribution < -0.4 is 4.90 Å². The van der Waals surface area contributed by atoms with Gasteiger partial charge in [-0.05, 0) is 48.0 Å². The van der Waals surface area contributed by atoms with Crippen LogP contribution in [0.3, 0.4) is 0 Å². The molecule has 3 aromatic rings. The third kappa shape index (κ3) is 3.72. The summed E-state index contributed by atoms with van der Waals surface area (Å²) in [5.74, 6) is 0.436. The second-order valence-electron chi connectivity index (χ2n) is 6.00. The molecule has 1 aliphatic heterocycles. The number of rotatable bonds is 3. The fourth-order valence-corrected chi connectivity index (χ4v) is 3.23. The lowest BCUT2D eigenvalue weighted by Crippen LogP contribution is -2.32. The van der Waals surface area contributed by atoms with Crippen molar-refractivity contribution >= 4 is 51.0 Å². The van der Waals surface area contributed by atoms with Gasteiger partial charge < -0.3 is 0 Å². The first-order valence-corrected chi connectivity index (χ1v) is 9.50. The Bertz CT molecular complexity index is 1040. The quantitative estimate of drug-likeness (QED) is 0.467. The molecule has 0 saturated carbocycles. The number of hydrogen-bond donors (Lipinski definition) is 0. The maximum atomic E-state index is 13.1. The van der Waals surface area contributed by atoms with Gasteiger partial charge in [-0.3, -0.25) is 9.69 Å². The van der Waals surface area contributed by atoms with Crippen LogP contribution in [0.25, 0.3) is 6.08 Å². The van der Waals surface area contributed by atoms with Crippen LogP contribution in [-0.4, -0.2) is 11.7 Å². The molecule has 3 nitrogen and oxygen atoms in total. The molecule has 4 rings (SSSR count). The number of benzene rings is 3. The number of halogens is 2. The van der Waals surface area contributed by atoms with Gasteiger partial charge in [-0.25, -0.2) is 4.99 Å². The molecular weight excluding hydrogens is 424 g/mol. The van der Waals surface area contributed by atoms with E-state index in [0.717, 1.165) is 21.3 Å². The molecular formula is C22H14BrClN2O. The Morgan fingerprint density at radius 3 is 2.22 bits per heavy atom. The molecule has 0 saturated heterocycles. The van der Waals surface area contributed by atoms with E-state index in [1.807, 2.05) is 66.7 Å². The first kappa shape index (κ1) is 17.7. The molecule has 0 unspecified atom stereocenters. The summed E-state index contributed by atoms with van der Waals surface area (Å²) in [5, 5.41) is 0.620. The lowest BCUT2D eigenvalue weighted by atomic mass is 10.1. The lowest BCUT2D eigenvalue weighted by Gasteiger charge is -2.18. The van der Waals surface area contributed by atoms with Crippen molar-refractivity contribution in [1.82, 2.24) is 0 Å². The van der Waals surface area contributed by atoms with Gasteiger partial charge in [0.2, 0.25) is 0 Å². The Kier molecular flexibility index (Phi) is 4.92. The number of carbonyl (C=O) groups is 1. The normalized spacial score (nSPS) is 15.3. The smallest absolute Gasteiger partial charge is 0.266 e. The maximum absolute atomic E-state index is 13.1. The number of amides is 1. The fraction of sp³-hybridized carbons (Fsp3) is 0. The summed E-state index contributed by atoms with van der Waals surface area (Å²) >= 11 is 9.43. The zero-order valence-corrected chi connectivity index (χ0v) is 16.5. The first-order chi connectivity index (χ1) is 13.1. The van der Waals surface area contributed by atoms with Crippen molar-refractivity contribution in [2.75, 3.05) is 4.90 Å². The van der Waals surface area contributed by atoms with Crippen LogP contribution in [0, 0.1) is 0 Å². The van der Waals surface area contributed by atoms with Gasteiger partial charge in [0.05, 0.1) is 5.69 Å². The van der Waals surface area contributed by atoms with E-state index >= 15 is 0 Å². The van der Waals surface area contributed by atoms with E-state index in [1.165, 1.54) is 0 Å². The Hall–Kier alpha value is -2.69. The molecule has 0 N–H and O–H groups in total. The van der Waals surface area contributed by atoms with Gasteiger partial charge in [0.1, 0.15) is 11.5 Å². The molecule has 5 heteroatoms. The van der Waals surface area contributed by atoms with Gasteiger partial charge in [0.25, 0.3) is 5.91 Å². The topological polar surface area (TPSA) is 32.7 Å². The van der Waals surface area contributed by atoms with Crippen LogP contribution in [0.5, 0.6) is 0 Å². The van der Waals surface area contributed by atoms with E-state index in [1.54, 1.807) is 23.1 Å². The predicted molar refractivity (Wildman–Crippen MR) is 114 cm³/mol. The van der Waals surface area contributed by atoms with Crippen molar-refractivity contribution in [2.45, 2.75) is 0 Å². The number of nitrogens with zero attached hydrogens (tertiary/aromatic N) is 2. The zero-order chi connectivity index (χ0) is 18.8. The van der Waals surface area contributed by atoms with Crippen molar-refractivity contribution in [3.63, 3.8) is 0 Å². The molecule has 0 spiro atoms. The average molecular weight is 438 g/mol. The first-order valence-electron chi connectivity index (χ1n) is 8.33. The minimum atomic E-state index is -0.168. The van der Waals surface area contributed by atoms with Crippen LogP contribution in [0.1, 0.15) is 11.1 Å². The number of amidine groups is 1. The Labute approximate surface area is 170 Å². The Balaban J connectivity index is 1.80. The average Bonchev–Trinajstić information content (AvgIpc) is 3.01. The minimum Gasteiger partial charge on any atom is -0.266 e. The Morgan fingerprint density at radius 2 is 1.56 bits per heavy atom. The van der Waals surface area contributed by atoms with Gasteiger partial charge in [0, 0.05) is 15.1 Å². The van der Waals surface area contributed by atoms with E-state index in [2.05, 4.69) is 20.9 Å². The summed E-state index contributed by atoms with van der Waals surface area (Å²) in [6.45, 7) is 0. The molecule has 0 bridgehead atoms. The van der Waals surface area contributed by atoms with Crippen LogP contribution in [-0.2, 0) is 4.79 Å². The molecule has 0 atom stereocenters. The highest BCUT2D eigenvalue weighted by Crippen LogP contribution is 2.29. The molecule has 1 amide bonds. The van der Waals surface area contributed by atoms with Crippen LogP contribution in [0.15, 0.2) is 94.0 Å². The minimum absolute atomic E-state index is 0.168. The second kappa shape index (κ2) is 7.51. The third-order valence-corrected chi connectivity index (χ3v) is 4.93. The number of aliphatic imine (C=N–C) groups is 1. The van der Waals surface area contributed by atoms with Crippen molar-refractivity contribution in [1.29, 1.82) is 0 Å². The van der Waals surface area contributed by atoms with Crippen LogP contribution in [0.2, 0.25) is 5.02 Å². The zero-order valence-electron chi connectivity index (χ0n) is 14.1. The van der Waals surface area contributed by atoms with Gasteiger partial charge in [0.15, 0.2) is 0 Å². The summed E-state index contributed by atoms with van der Waals surface area (Å²) in [6.07, 6.45) is 1.80. The maximum Gasteiger partial charge on any atom is 0.282 e. The number of anilines is 1. The predicted octanol–water partition coefficient (Wildman–Crippen LogP) is 5.94. The SMILES string of the molecule is O=C1C(=Cc2ccc(Br)cc2)N=C(c2ccccc2)N1c1ccc(Cl)cc1. The highest BCUT2D eigenvalue weighted by atomic mass is 79.9. The van der Waals surface area contributed by atoms with Gasteiger partial charge in [-0.2, -0.15) is 0 Å². The van der Waals surface area contributed by atoms with Crippen molar-refractivity contribution < 1.29 is 4.79 Å². The molecule has 0 fully saturated rings. The van der Waals surface area contributed by atoms with Crippen molar-refractivity contribution in [3.8, 4) is 0 Å². The van der Waals surface area contributed by atoms with E-state index < -0.39 is 0 Å². The molecule has 0 aliphatic carbocycles. The number of hydrogen-bond acceptors (Lipinski definition) is 2. The standard InChI is InChI=1S/C22H14BrClN2O/c23-17-8-6-15(7-9-17)14-20-22(27)26(19-12-10-18(24)11-13-19)21(25-20)16-4-2-1-3-5-16/h1-14H. The number of carbonyl (C=O) groups excluding carboxylic acids is 1. The molecule has 3 aromatic carbocycles.